The molecule has 1 N–H and O–H groups in total. The van der Waals surface area contributed by atoms with Crippen LogP contribution >= 0.6 is 0 Å². The smallest absolute Gasteiger partial charge is 0.261 e. The Balaban J connectivity index is 1.85. The lowest BCUT2D eigenvalue weighted by atomic mass is 10.1. The lowest BCUT2D eigenvalue weighted by Gasteiger charge is -2.13. The van der Waals surface area contributed by atoms with Gasteiger partial charge in [0.25, 0.3) is 11.8 Å². The van der Waals surface area contributed by atoms with Crippen LogP contribution in [0.15, 0.2) is 42.5 Å². The van der Waals surface area contributed by atoms with Gasteiger partial charge in [0.2, 0.25) is 0 Å². The maximum Gasteiger partial charge on any atom is 0.261 e. The maximum atomic E-state index is 12.3. The van der Waals surface area contributed by atoms with E-state index in [1.807, 2.05) is 25.2 Å². The Kier molecular flexibility index (Phi) is 3.50. The zero-order valence-corrected chi connectivity index (χ0v) is 11.7. The molecule has 0 fully saturated rings. The van der Waals surface area contributed by atoms with Crippen LogP contribution in [0.25, 0.3) is 0 Å². The van der Waals surface area contributed by atoms with Gasteiger partial charge in [-0.1, -0.05) is 18.2 Å². The minimum Gasteiger partial charge on any atom is -0.314 e. The molecule has 5 heteroatoms. The summed E-state index contributed by atoms with van der Waals surface area (Å²) in [5.41, 5.74) is 2.52. The molecular weight excluding hydrogens is 266 g/mol. The van der Waals surface area contributed by atoms with Gasteiger partial charge in [-0.05, 0) is 31.3 Å². The van der Waals surface area contributed by atoms with Crippen molar-refractivity contribution in [2.45, 2.75) is 13.1 Å². The number of nitrogens with one attached hydrogen (secondary N) is 1. The fraction of sp³-hybridized carbons (Fsp3) is 0.188. The number of imide groups is 1. The molecule has 3 rings (SSSR count). The van der Waals surface area contributed by atoms with Crippen molar-refractivity contribution in [3.8, 4) is 0 Å². The van der Waals surface area contributed by atoms with Crippen LogP contribution < -0.4 is 5.32 Å². The molecule has 0 atom stereocenters. The number of nitrogens with zero attached hydrogens (tertiary/aromatic N) is 2. The Morgan fingerprint density at radius 1 is 0.952 bits per heavy atom. The molecule has 2 aromatic rings. The number of pyridine rings is 1. The molecule has 2 amide bonds. The van der Waals surface area contributed by atoms with Crippen LogP contribution in [-0.2, 0) is 13.1 Å². The summed E-state index contributed by atoms with van der Waals surface area (Å²) in [4.78, 5) is 30.3. The third-order valence-electron chi connectivity index (χ3n) is 3.42. The number of rotatable bonds is 4. The second-order valence-electron chi connectivity index (χ2n) is 4.89. The summed E-state index contributed by atoms with van der Waals surface area (Å²) in [6, 6.07) is 12.5. The Labute approximate surface area is 122 Å². The van der Waals surface area contributed by atoms with Crippen molar-refractivity contribution in [1.29, 1.82) is 0 Å². The SMILES string of the molecule is CNCc1cccc(CN2C(=O)c3ccccc3C2=O)n1. The van der Waals surface area contributed by atoms with Gasteiger partial charge in [0.15, 0.2) is 0 Å². The van der Waals surface area contributed by atoms with Crippen molar-refractivity contribution in [2.75, 3.05) is 7.05 Å². The molecule has 106 valence electrons. The summed E-state index contributed by atoms with van der Waals surface area (Å²) in [6.07, 6.45) is 0. The van der Waals surface area contributed by atoms with Gasteiger partial charge in [0.05, 0.1) is 29.1 Å². The van der Waals surface area contributed by atoms with Crippen LogP contribution in [0.2, 0.25) is 0 Å². The van der Waals surface area contributed by atoms with Crippen molar-refractivity contribution in [1.82, 2.24) is 15.2 Å². The van der Waals surface area contributed by atoms with Gasteiger partial charge in [-0.25, -0.2) is 0 Å². The van der Waals surface area contributed by atoms with Crippen LogP contribution in [0, 0.1) is 0 Å². The van der Waals surface area contributed by atoms with Crippen LogP contribution in [0.1, 0.15) is 32.1 Å². The number of aromatic nitrogens is 1. The molecule has 1 aliphatic heterocycles. The number of carbonyl (C=O) groups excluding carboxylic acids is 2. The van der Waals surface area contributed by atoms with Crippen molar-refractivity contribution < 1.29 is 9.59 Å². The number of fused-ring (bicyclic) bond motifs is 1. The van der Waals surface area contributed by atoms with Gasteiger partial charge in [-0.3, -0.25) is 19.5 Å². The lowest BCUT2D eigenvalue weighted by Crippen LogP contribution is -2.29. The molecule has 1 aromatic heterocycles. The molecule has 0 saturated heterocycles. The fourth-order valence-electron chi connectivity index (χ4n) is 2.44. The zero-order chi connectivity index (χ0) is 14.8. The minimum atomic E-state index is -0.253. The van der Waals surface area contributed by atoms with Crippen LogP contribution in [0.5, 0.6) is 0 Å². The normalized spacial score (nSPS) is 13.7. The number of hydrogen-bond acceptors (Lipinski definition) is 4. The topological polar surface area (TPSA) is 62.3 Å². The first-order valence-corrected chi connectivity index (χ1v) is 6.75. The lowest BCUT2D eigenvalue weighted by molar-refractivity contribution is 0.0640. The van der Waals surface area contributed by atoms with E-state index in [1.54, 1.807) is 24.3 Å². The van der Waals surface area contributed by atoms with E-state index in [2.05, 4.69) is 10.3 Å². The first kappa shape index (κ1) is 13.5. The average molecular weight is 281 g/mol. The molecule has 1 aliphatic rings. The van der Waals surface area contributed by atoms with Gasteiger partial charge < -0.3 is 5.32 Å². The van der Waals surface area contributed by atoms with Gasteiger partial charge in [-0.15, -0.1) is 0 Å². The molecule has 0 saturated carbocycles. The number of carbonyl (C=O) groups is 2. The van der Waals surface area contributed by atoms with Gasteiger partial charge in [-0.2, -0.15) is 0 Å². The quantitative estimate of drug-likeness (QED) is 0.865. The second-order valence-corrected chi connectivity index (χ2v) is 4.89. The zero-order valence-electron chi connectivity index (χ0n) is 11.7. The minimum absolute atomic E-state index is 0.198. The van der Waals surface area contributed by atoms with E-state index in [1.165, 1.54) is 4.90 Å². The van der Waals surface area contributed by atoms with E-state index in [0.717, 1.165) is 5.69 Å². The van der Waals surface area contributed by atoms with E-state index in [-0.39, 0.29) is 18.4 Å². The predicted molar refractivity (Wildman–Crippen MR) is 77.6 cm³/mol. The largest absolute Gasteiger partial charge is 0.314 e. The van der Waals surface area contributed by atoms with E-state index in [0.29, 0.717) is 23.4 Å². The predicted octanol–water partition coefficient (Wildman–Crippen LogP) is 1.60. The molecule has 21 heavy (non-hydrogen) atoms. The molecule has 0 unspecified atom stereocenters. The van der Waals surface area contributed by atoms with Crippen LogP contribution in [0.3, 0.4) is 0 Å². The number of hydrogen-bond donors (Lipinski definition) is 1. The highest BCUT2D eigenvalue weighted by Gasteiger charge is 2.35. The molecule has 0 bridgehead atoms. The van der Waals surface area contributed by atoms with Crippen LogP contribution in [-0.4, -0.2) is 28.7 Å². The highest BCUT2D eigenvalue weighted by molar-refractivity contribution is 6.21. The molecule has 0 radical (unpaired) electrons. The van der Waals surface area contributed by atoms with E-state index < -0.39 is 0 Å². The Bertz CT molecular complexity index is 677. The summed E-state index contributed by atoms with van der Waals surface area (Å²) in [7, 11) is 1.85. The molecule has 0 aliphatic carbocycles. The Morgan fingerprint density at radius 2 is 1.57 bits per heavy atom. The number of amides is 2. The third kappa shape index (κ3) is 2.43. The molecular formula is C16H15N3O2. The Hall–Kier alpha value is -2.53. The maximum absolute atomic E-state index is 12.3. The summed E-state index contributed by atoms with van der Waals surface area (Å²) in [5.74, 6) is -0.507. The van der Waals surface area contributed by atoms with E-state index >= 15 is 0 Å². The van der Waals surface area contributed by atoms with Crippen LogP contribution in [0.4, 0.5) is 0 Å². The highest BCUT2D eigenvalue weighted by Crippen LogP contribution is 2.23. The molecule has 2 heterocycles. The average Bonchev–Trinajstić information content (AvgIpc) is 2.74. The van der Waals surface area contributed by atoms with Gasteiger partial charge in [0.1, 0.15) is 0 Å². The second kappa shape index (κ2) is 5.46. The summed E-state index contributed by atoms with van der Waals surface area (Å²) in [5, 5.41) is 3.03. The third-order valence-corrected chi connectivity index (χ3v) is 3.42. The highest BCUT2D eigenvalue weighted by atomic mass is 16.2. The first-order valence-electron chi connectivity index (χ1n) is 6.75. The summed E-state index contributed by atoms with van der Waals surface area (Å²) >= 11 is 0. The van der Waals surface area contributed by atoms with E-state index in [9.17, 15) is 9.59 Å². The molecule has 0 spiro atoms. The van der Waals surface area contributed by atoms with Gasteiger partial charge in [0, 0.05) is 6.54 Å². The standard InChI is InChI=1S/C16H15N3O2/c1-17-9-11-5-4-6-12(18-11)10-19-15(20)13-7-2-3-8-14(13)16(19)21/h2-8,17H,9-10H2,1H3. The van der Waals surface area contributed by atoms with Crippen molar-refractivity contribution in [3.05, 3.63) is 65.0 Å². The first-order chi connectivity index (χ1) is 10.2. The summed E-state index contributed by atoms with van der Waals surface area (Å²) < 4.78 is 0. The van der Waals surface area contributed by atoms with Crippen molar-refractivity contribution >= 4 is 11.8 Å². The van der Waals surface area contributed by atoms with Crippen molar-refractivity contribution in [3.63, 3.8) is 0 Å². The van der Waals surface area contributed by atoms with E-state index in [4.69, 9.17) is 0 Å². The van der Waals surface area contributed by atoms with Gasteiger partial charge >= 0.3 is 0 Å². The van der Waals surface area contributed by atoms with Crippen molar-refractivity contribution in [2.24, 2.45) is 0 Å². The Morgan fingerprint density at radius 3 is 2.19 bits per heavy atom. The fourth-order valence-corrected chi connectivity index (χ4v) is 2.44. The molecule has 1 aromatic carbocycles. The summed E-state index contributed by atoms with van der Waals surface area (Å²) in [6.45, 7) is 0.847. The molecule has 5 nitrogen and oxygen atoms in total. The number of benzene rings is 1. The monoisotopic (exact) mass is 281 g/mol.